The number of hydrogen-bond acceptors (Lipinski definition) is 2. The van der Waals surface area contributed by atoms with Crippen molar-refractivity contribution in [1.29, 1.82) is 0 Å². The van der Waals surface area contributed by atoms with Crippen molar-refractivity contribution < 1.29 is 22.4 Å². The molecule has 3 nitrogen and oxygen atoms in total. The van der Waals surface area contributed by atoms with Gasteiger partial charge in [-0.05, 0) is 29.7 Å². The fourth-order valence-electron chi connectivity index (χ4n) is 2.95. The minimum Gasteiger partial charge on any atom is -0.376 e. The van der Waals surface area contributed by atoms with Crippen LogP contribution in [-0.2, 0) is 17.1 Å². The molecule has 0 atom stereocenters. The van der Waals surface area contributed by atoms with Crippen molar-refractivity contribution in [2.24, 2.45) is 5.73 Å². The summed E-state index contributed by atoms with van der Waals surface area (Å²) in [5.41, 5.74) is 4.26. The number of hydrogen-bond donors (Lipinski definition) is 2. The molecule has 0 spiro atoms. The lowest BCUT2D eigenvalue weighted by molar-refractivity contribution is -0.117. The van der Waals surface area contributed by atoms with Crippen molar-refractivity contribution in [2.45, 2.75) is 12.3 Å². The number of benzene rings is 3. The zero-order valence-corrected chi connectivity index (χ0v) is 15.2. The predicted molar refractivity (Wildman–Crippen MR) is 101 cm³/mol. The third-order valence-electron chi connectivity index (χ3n) is 4.30. The van der Waals surface area contributed by atoms with E-state index in [0.29, 0.717) is 0 Å². The molecule has 3 aromatic carbocycles. The molecule has 8 heteroatoms. The monoisotopic (exact) mass is 410 g/mol. The van der Waals surface area contributed by atoms with Crippen LogP contribution < -0.4 is 11.1 Å². The molecular formula is C20H15ClF4N2O. The molecule has 0 radical (unpaired) electrons. The number of carbonyl (C=O) groups excluding carboxylic acids is 1. The Balaban J connectivity index is 1.91. The van der Waals surface area contributed by atoms with Gasteiger partial charge in [0.15, 0.2) is 5.82 Å². The van der Waals surface area contributed by atoms with E-state index in [4.69, 9.17) is 17.3 Å². The van der Waals surface area contributed by atoms with Gasteiger partial charge in [-0.2, -0.15) is 8.78 Å². The Morgan fingerprint density at radius 3 is 2.39 bits per heavy atom. The van der Waals surface area contributed by atoms with E-state index in [1.807, 2.05) is 0 Å². The van der Waals surface area contributed by atoms with E-state index in [1.54, 1.807) is 6.07 Å². The first-order valence-electron chi connectivity index (χ1n) is 8.25. The summed E-state index contributed by atoms with van der Waals surface area (Å²) in [5.74, 6) is -5.77. The molecule has 3 rings (SSSR count). The second-order valence-corrected chi connectivity index (χ2v) is 6.64. The first-order valence-corrected chi connectivity index (χ1v) is 8.63. The average molecular weight is 411 g/mol. The van der Waals surface area contributed by atoms with Crippen LogP contribution in [0.1, 0.15) is 11.1 Å². The number of primary amides is 1. The summed E-state index contributed by atoms with van der Waals surface area (Å²) in [6, 6.07) is 10.4. The minimum atomic E-state index is -3.43. The van der Waals surface area contributed by atoms with Crippen LogP contribution in [0.4, 0.5) is 23.2 Å². The largest absolute Gasteiger partial charge is 0.376 e. The van der Waals surface area contributed by atoms with Gasteiger partial charge in [0.25, 0.3) is 5.92 Å². The van der Waals surface area contributed by atoms with Gasteiger partial charge in [-0.25, -0.2) is 8.78 Å². The van der Waals surface area contributed by atoms with E-state index >= 15 is 0 Å². The summed E-state index contributed by atoms with van der Waals surface area (Å²) in [6.07, 6.45) is -0.459. The SMILES string of the molecule is NC(=O)Cc1c(Cl)ccc(NCC(F)(F)c2ccc(F)c3ccccc23)c1F. The van der Waals surface area contributed by atoms with E-state index in [9.17, 15) is 22.4 Å². The first-order chi connectivity index (χ1) is 13.2. The van der Waals surface area contributed by atoms with E-state index in [1.165, 1.54) is 30.3 Å². The van der Waals surface area contributed by atoms with Gasteiger partial charge in [-0.15, -0.1) is 0 Å². The smallest absolute Gasteiger partial charge is 0.290 e. The van der Waals surface area contributed by atoms with Crippen molar-refractivity contribution >= 4 is 34.0 Å². The predicted octanol–water partition coefficient (Wildman–Crippen LogP) is 5.00. The second-order valence-electron chi connectivity index (χ2n) is 6.23. The molecule has 0 bridgehead atoms. The van der Waals surface area contributed by atoms with Crippen molar-refractivity contribution in [1.82, 2.24) is 0 Å². The Labute approximate surface area is 163 Å². The third-order valence-corrected chi connectivity index (χ3v) is 4.66. The quantitative estimate of drug-likeness (QED) is 0.562. The molecule has 3 N–H and O–H groups in total. The van der Waals surface area contributed by atoms with Gasteiger partial charge < -0.3 is 11.1 Å². The molecular weight excluding hydrogens is 396 g/mol. The van der Waals surface area contributed by atoms with E-state index in [-0.39, 0.29) is 32.6 Å². The van der Waals surface area contributed by atoms with E-state index in [0.717, 1.165) is 12.1 Å². The van der Waals surface area contributed by atoms with E-state index in [2.05, 4.69) is 5.32 Å². The number of anilines is 1. The van der Waals surface area contributed by atoms with Crippen molar-refractivity contribution in [2.75, 3.05) is 11.9 Å². The molecule has 1 amide bonds. The number of fused-ring (bicyclic) bond motifs is 1. The molecule has 0 aliphatic heterocycles. The fourth-order valence-corrected chi connectivity index (χ4v) is 3.17. The van der Waals surface area contributed by atoms with Crippen LogP contribution in [0.5, 0.6) is 0 Å². The van der Waals surface area contributed by atoms with Crippen molar-refractivity contribution in [3.05, 3.63) is 76.3 Å². The van der Waals surface area contributed by atoms with Crippen molar-refractivity contribution in [3.63, 3.8) is 0 Å². The molecule has 0 heterocycles. The number of rotatable bonds is 6. The highest BCUT2D eigenvalue weighted by atomic mass is 35.5. The maximum atomic E-state index is 14.8. The Bertz CT molecular complexity index is 1060. The van der Waals surface area contributed by atoms with Crippen LogP contribution in [0.3, 0.4) is 0 Å². The first kappa shape index (κ1) is 19.9. The third kappa shape index (κ3) is 3.89. The molecule has 28 heavy (non-hydrogen) atoms. The summed E-state index contributed by atoms with van der Waals surface area (Å²) in [5, 5.41) is 2.45. The highest BCUT2D eigenvalue weighted by molar-refractivity contribution is 6.31. The number of carbonyl (C=O) groups is 1. The molecule has 0 aliphatic carbocycles. The minimum absolute atomic E-state index is 0.0295. The van der Waals surface area contributed by atoms with Crippen molar-refractivity contribution in [3.8, 4) is 0 Å². The number of amides is 1. The van der Waals surface area contributed by atoms with Gasteiger partial charge in [-0.1, -0.05) is 35.9 Å². The average Bonchev–Trinajstić information content (AvgIpc) is 2.64. The van der Waals surface area contributed by atoms with Gasteiger partial charge in [0.2, 0.25) is 5.91 Å². The second kappa shape index (κ2) is 7.67. The lowest BCUT2D eigenvalue weighted by atomic mass is 9.99. The van der Waals surface area contributed by atoms with Gasteiger partial charge in [0.1, 0.15) is 5.82 Å². The zero-order chi connectivity index (χ0) is 20.5. The topological polar surface area (TPSA) is 55.1 Å². The highest BCUT2D eigenvalue weighted by Crippen LogP contribution is 2.35. The zero-order valence-electron chi connectivity index (χ0n) is 14.4. The summed E-state index contributed by atoms with van der Waals surface area (Å²) in [4.78, 5) is 11.1. The Morgan fingerprint density at radius 2 is 1.71 bits per heavy atom. The number of alkyl halides is 2. The fraction of sp³-hybridized carbons (Fsp3) is 0.150. The summed E-state index contributed by atoms with van der Waals surface area (Å²) < 4.78 is 58.0. The summed E-state index contributed by atoms with van der Waals surface area (Å²) in [6.45, 7) is -0.947. The van der Waals surface area contributed by atoms with E-state index < -0.39 is 36.4 Å². The molecule has 0 fully saturated rings. The summed E-state index contributed by atoms with van der Waals surface area (Å²) >= 11 is 5.85. The molecule has 0 aromatic heterocycles. The van der Waals surface area contributed by atoms with Crippen LogP contribution in [0.2, 0.25) is 5.02 Å². The molecule has 0 saturated heterocycles. The van der Waals surface area contributed by atoms with Crippen LogP contribution >= 0.6 is 11.6 Å². The van der Waals surface area contributed by atoms with Crippen LogP contribution in [0.25, 0.3) is 10.8 Å². The van der Waals surface area contributed by atoms with Crippen LogP contribution in [-0.4, -0.2) is 12.5 Å². The van der Waals surface area contributed by atoms with Crippen LogP contribution in [0, 0.1) is 11.6 Å². The van der Waals surface area contributed by atoms with Gasteiger partial charge in [0, 0.05) is 21.5 Å². The molecule has 3 aromatic rings. The maximum absolute atomic E-state index is 14.8. The lowest BCUT2D eigenvalue weighted by Crippen LogP contribution is -2.26. The Hall–Kier alpha value is -2.80. The normalized spacial score (nSPS) is 11.6. The Kier molecular flexibility index (Phi) is 5.47. The van der Waals surface area contributed by atoms with Crippen LogP contribution in [0.15, 0.2) is 48.5 Å². The molecule has 0 saturated carbocycles. The maximum Gasteiger partial charge on any atom is 0.290 e. The van der Waals surface area contributed by atoms with Gasteiger partial charge in [0.05, 0.1) is 18.7 Å². The Morgan fingerprint density at radius 1 is 1.04 bits per heavy atom. The standard InChI is InChI=1S/C20H15ClF4N2O/c21-15-6-8-17(19(23)13(15)9-18(26)28)27-10-20(24,25)14-5-7-16(22)12-4-2-1-3-11(12)14/h1-8,27H,9-10H2,(H2,26,28). The summed E-state index contributed by atoms with van der Waals surface area (Å²) in [7, 11) is 0. The van der Waals surface area contributed by atoms with Gasteiger partial charge in [-0.3, -0.25) is 4.79 Å². The molecule has 0 unspecified atom stereocenters. The number of nitrogens with one attached hydrogen (secondary N) is 1. The highest BCUT2D eigenvalue weighted by Gasteiger charge is 2.34. The number of nitrogens with two attached hydrogens (primary N) is 1. The molecule has 0 aliphatic rings. The lowest BCUT2D eigenvalue weighted by Gasteiger charge is -2.21. The van der Waals surface area contributed by atoms with Gasteiger partial charge >= 0.3 is 0 Å². The molecule has 146 valence electrons. The number of halogens is 5.